The first-order valence-corrected chi connectivity index (χ1v) is 4.09. The van der Waals surface area contributed by atoms with Crippen molar-refractivity contribution in [3.05, 3.63) is 12.2 Å². The van der Waals surface area contributed by atoms with Crippen molar-refractivity contribution in [3.63, 3.8) is 0 Å². The number of methoxy groups -OCH3 is 1. The van der Waals surface area contributed by atoms with Crippen LogP contribution in [0.1, 0.15) is 0 Å². The van der Waals surface area contributed by atoms with E-state index in [-0.39, 0.29) is 6.61 Å². The van der Waals surface area contributed by atoms with Crippen molar-refractivity contribution in [1.82, 2.24) is 0 Å². The summed E-state index contributed by atoms with van der Waals surface area (Å²) >= 11 is 6.66. The predicted octanol–water partition coefficient (Wildman–Crippen LogP) is 3.08. The van der Waals surface area contributed by atoms with Gasteiger partial charge in [0.15, 0.2) is 0 Å². The van der Waals surface area contributed by atoms with Crippen molar-refractivity contribution >= 4 is 27.5 Å². The quantitative estimate of drug-likeness (QED) is 0.562. The maximum Gasteiger partial charge on any atom is 0.352 e. The van der Waals surface area contributed by atoms with Crippen LogP contribution in [0.4, 0.5) is 13.2 Å². The maximum absolute atomic E-state index is 12.7. The van der Waals surface area contributed by atoms with Crippen LogP contribution in [0.15, 0.2) is 12.2 Å². The molecule has 0 aromatic rings. The lowest BCUT2D eigenvalue weighted by molar-refractivity contribution is 0.0215. The maximum atomic E-state index is 12.7. The van der Waals surface area contributed by atoms with Crippen LogP contribution in [0.3, 0.4) is 0 Å². The van der Waals surface area contributed by atoms with Crippen LogP contribution >= 0.6 is 27.5 Å². The normalized spacial score (nSPS) is 18.2. The Morgan fingerprint density at radius 1 is 1.50 bits per heavy atom. The van der Waals surface area contributed by atoms with Gasteiger partial charge in [0.05, 0.1) is 6.61 Å². The van der Waals surface area contributed by atoms with Gasteiger partial charge in [-0.2, -0.15) is 8.78 Å². The Morgan fingerprint density at radius 3 is 2.33 bits per heavy atom. The molecule has 0 saturated heterocycles. The third-order valence-corrected chi connectivity index (χ3v) is 2.14. The summed E-state index contributed by atoms with van der Waals surface area (Å²) in [5, 5.41) is -3.22. The van der Waals surface area contributed by atoms with Crippen molar-refractivity contribution in [2.75, 3.05) is 13.7 Å². The lowest BCUT2D eigenvalue weighted by Gasteiger charge is -2.18. The number of alkyl halides is 5. The molecule has 12 heavy (non-hydrogen) atoms. The molecule has 72 valence electrons. The second kappa shape index (κ2) is 4.48. The molecule has 0 bridgehead atoms. The minimum atomic E-state index is -3.79. The Kier molecular flexibility index (Phi) is 4.58. The lowest BCUT2D eigenvalue weighted by Crippen LogP contribution is -2.31. The molecular formula is C6H7BrClF3O. The van der Waals surface area contributed by atoms with Crippen molar-refractivity contribution in [2.24, 2.45) is 0 Å². The Morgan fingerprint density at radius 2 is 2.00 bits per heavy atom. The van der Waals surface area contributed by atoms with E-state index in [1.54, 1.807) is 0 Å². The van der Waals surface area contributed by atoms with Crippen LogP contribution < -0.4 is 0 Å². The monoisotopic (exact) mass is 266 g/mol. The molecule has 0 aliphatic carbocycles. The lowest BCUT2D eigenvalue weighted by atomic mass is 10.3. The third-order valence-electron chi connectivity index (χ3n) is 0.968. The van der Waals surface area contributed by atoms with Crippen molar-refractivity contribution in [3.8, 4) is 0 Å². The molecule has 1 nitrogen and oxygen atoms in total. The van der Waals surface area contributed by atoms with Gasteiger partial charge in [0, 0.05) is 7.11 Å². The molecule has 0 aromatic carbocycles. The molecule has 0 N–H and O–H groups in total. The zero-order valence-corrected chi connectivity index (χ0v) is 8.50. The first kappa shape index (κ1) is 12.3. The molecule has 0 radical (unpaired) electrons. The Bertz CT molecular complexity index is 167. The highest BCUT2D eigenvalue weighted by Gasteiger charge is 2.49. The standard InChI is InChI=1S/C6H7BrClF3O/c1-12-4-2-3-5(8,9)6(7,10)11/h2-3H,4H2,1H3. The fourth-order valence-corrected chi connectivity index (χ4v) is 0.608. The SMILES string of the molecule is COCC=CC(F)(Cl)C(F)(F)Br. The van der Waals surface area contributed by atoms with E-state index in [4.69, 9.17) is 11.6 Å². The molecule has 0 amide bonds. The number of hydrogen-bond donors (Lipinski definition) is 0. The largest absolute Gasteiger partial charge is 0.381 e. The van der Waals surface area contributed by atoms with Crippen LogP contribution in [-0.4, -0.2) is 23.7 Å². The van der Waals surface area contributed by atoms with E-state index in [1.807, 2.05) is 15.9 Å². The summed E-state index contributed by atoms with van der Waals surface area (Å²) in [5.74, 6) is 0. The molecule has 0 aliphatic heterocycles. The summed E-state index contributed by atoms with van der Waals surface area (Å²) < 4.78 is 41.7. The molecule has 0 aliphatic rings. The minimum absolute atomic E-state index is 0.0292. The van der Waals surface area contributed by atoms with Crippen LogP contribution in [0.5, 0.6) is 0 Å². The number of allylic oxidation sites excluding steroid dienone is 1. The summed E-state index contributed by atoms with van der Waals surface area (Å²) in [6, 6.07) is 0. The van der Waals surface area contributed by atoms with E-state index in [9.17, 15) is 13.2 Å². The zero-order valence-electron chi connectivity index (χ0n) is 6.16. The number of ether oxygens (including phenoxy) is 1. The smallest absolute Gasteiger partial charge is 0.352 e. The van der Waals surface area contributed by atoms with E-state index in [2.05, 4.69) is 4.74 Å². The number of halogens is 5. The average Bonchev–Trinajstić information content (AvgIpc) is 1.85. The van der Waals surface area contributed by atoms with Gasteiger partial charge in [-0.15, -0.1) is 0 Å². The van der Waals surface area contributed by atoms with Gasteiger partial charge in [-0.3, -0.25) is 0 Å². The molecular weight excluding hydrogens is 260 g/mol. The van der Waals surface area contributed by atoms with Crippen molar-refractivity contribution in [1.29, 1.82) is 0 Å². The molecule has 0 rings (SSSR count). The molecule has 0 saturated carbocycles. The summed E-state index contributed by atoms with van der Waals surface area (Å²) in [6.45, 7) is 0.0292. The first-order valence-electron chi connectivity index (χ1n) is 2.92. The summed E-state index contributed by atoms with van der Waals surface area (Å²) in [5.41, 5.74) is 0. The Balaban J connectivity index is 4.22. The van der Waals surface area contributed by atoms with Crippen LogP contribution in [0.2, 0.25) is 0 Å². The van der Waals surface area contributed by atoms with E-state index >= 15 is 0 Å². The van der Waals surface area contributed by atoms with Crippen LogP contribution in [0, 0.1) is 0 Å². The van der Waals surface area contributed by atoms with Gasteiger partial charge in [0.1, 0.15) is 0 Å². The molecule has 0 aromatic heterocycles. The number of hydrogen-bond acceptors (Lipinski definition) is 1. The molecule has 1 atom stereocenters. The van der Waals surface area contributed by atoms with E-state index in [0.717, 1.165) is 6.08 Å². The van der Waals surface area contributed by atoms with Gasteiger partial charge < -0.3 is 4.74 Å². The van der Waals surface area contributed by atoms with Crippen LogP contribution in [0.25, 0.3) is 0 Å². The van der Waals surface area contributed by atoms with Gasteiger partial charge in [-0.25, -0.2) is 4.39 Å². The molecule has 0 heterocycles. The highest BCUT2D eigenvalue weighted by Crippen LogP contribution is 2.42. The summed E-state index contributed by atoms with van der Waals surface area (Å²) in [4.78, 5) is -3.79. The third kappa shape index (κ3) is 3.78. The highest BCUT2D eigenvalue weighted by molar-refractivity contribution is 9.10. The fraction of sp³-hybridized carbons (Fsp3) is 0.667. The first-order chi connectivity index (χ1) is 5.31. The zero-order chi connectivity index (χ0) is 9.83. The van der Waals surface area contributed by atoms with Gasteiger partial charge in [0.25, 0.3) is 5.13 Å². The van der Waals surface area contributed by atoms with E-state index in [1.165, 1.54) is 7.11 Å². The number of rotatable bonds is 4. The van der Waals surface area contributed by atoms with Gasteiger partial charge in [0.2, 0.25) is 0 Å². The van der Waals surface area contributed by atoms with Crippen molar-refractivity contribution in [2.45, 2.75) is 9.96 Å². The summed E-state index contributed by atoms with van der Waals surface area (Å²) in [6.07, 6.45) is 1.61. The predicted molar refractivity (Wildman–Crippen MR) is 44.6 cm³/mol. The Labute approximate surface area is 81.7 Å². The molecule has 1 unspecified atom stereocenters. The molecule has 0 fully saturated rings. The van der Waals surface area contributed by atoms with E-state index in [0.29, 0.717) is 6.08 Å². The second-order valence-electron chi connectivity index (χ2n) is 1.98. The molecule has 6 heteroatoms. The van der Waals surface area contributed by atoms with Crippen LogP contribution in [-0.2, 0) is 4.74 Å². The summed E-state index contributed by atoms with van der Waals surface area (Å²) in [7, 11) is 1.35. The Hall–Kier alpha value is 0.260. The topological polar surface area (TPSA) is 9.23 Å². The van der Waals surface area contributed by atoms with Gasteiger partial charge >= 0.3 is 4.83 Å². The van der Waals surface area contributed by atoms with Crippen molar-refractivity contribution < 1.29 is 17.9 Å². The fourth-order valence-electron chi connectivity index (χ4n) is 0.387. The van der Waals surface area contributed by atoms with E-state index < -0.39 is 9.96 Å². The minimum Gasteiger partial charge on any atom is -0.381 e. The molecule has 0 spiro atoms. The average molecular weight is 267 g/mol. The highest BCUT2D eigenvalue weighted by atomic mass is 79.9. The van der Waals surface area contributed by atoms with Gasteiger partial charge in [-0.1, -0.05) is 17.7 Å². The van der Waals surface area contributed by atoms with Gasteiger partial charge in [-0.05, 0) is 22.0 Å². The second-order valence-corrected chi connectivity index (χ2v) is 3.52.